The molecule has 33 heavy (non-hydrogen) atoms. The summed E-state index contributed by atoms with van der Waals surface area (Å²) in [5.74, 6) is 1.79. The van der Waals surface area contributed by atoms with E-state index in [9.17, 15) is 4.79 Å². The van der Waals surface area contributed by atoms with Crippen molar-refractivity contribution < 1.29 is 14.3 Å². The van der Waals surface area contributed by atoms with Crippen LogP contribution in [0.25, 0.3) is 5.69 Å². The Hall–Kier alpha value is -3.12. The Morgan fingerprint density at radius 2 is 1.94 bits per heavy atom. The van der Waals surface area contributed by atoms with E-state index in [1.165, 1.54) is 0 Å². The van der Waals surface area contributed by atoms with Crippen molar-refractivity contribution in [3.8, 4) is 17.3 Å². The molecule has 1 amide bonds. The number of para-hydroxylation sites is 1. The van der Waals surface area contributed by atoms with E-state index in [1.54, 1.807) is 0 Å². The van der Waals surface area contributed by atoms with Crippen LogP contribution in [0.1, 0.15) is 42.5 Å². The highest BCUT2D eigenvalue weighted by atomic mass is 16.5. The molecule has 2 aromatic carbocycles. The second-order valence-corrected chi connectivity index (χ2v) is 9.16. The Balaban J connectivity index is 1.51. The van der Waals surface area contributed by atoms with E-state index < -0.39 is 0 Å². The number of hydrogen-bond donors (Lipinski definition) is 0. The van der Waals surface area contributed by atoms with Crippen molar-refractivity contribution >= 4 is 5.91 Å². The molecule has 3 aromatic rings. The molecule has 0 N–H and O–H groups in total. The van der Waals surface area contributed by atoms with Crippen LogP contribution in [0.5, 0.6) is 11.6 Å². The normalized spacial score (nSPS) is 17.8. The molecule has 6 heteroatoms. The zero-order valence-corrected chi connectivity index (χ0v) is 19.4. The zero-order valence-electron chi connectivity index (χ0n) is 19.4. The van der Waals surface area contributed by atoms with Crippen molar-refractivity contribution in [2.75, 3.05) is 13.2 Å². The molecule has 2 fully saturated rings. The molecule has 1 aliphatic carbocycles. The number of benzene rings is 2. The number of amides is 1. The van der Waals surface area contributed by atoms with Gasteiger partial charge in [-0.15, -0.1) is 0 Å². The molecule has 0 spiro atoms. The van der Waals surface area contributed by atoms with Crippen molar-refractivity contribution in [2.24, 2.45) is 5.92 Å². The summed E-state index contributed by atoms with van der Waals surface area (Å²) in [4.78, 5) is 15.2. The van der Waals surface area contributed by atoms with Crippen LogP contribution >= 0.6 is 0 Å². The highest BCUT2D eigenvalue weighted by molar-refractivity contribution is 5.81. The molecule has 2 heterocycles. The molecule has 5 rings (SSSR count). The lowest BCUT2D eigenvalue weighted by molar-refractivity contribution is -0.134. The van der Waals surface area contributed by atoms with Gasteiger partial charge in [0.25, 0.3) is 0 Å². The van der Waals surface area contributed by atoms with Gasteiger partial charge in [-0.2, -0.15) is 5.10 Å². The van der Waals surface area contributed by atoms with Gasteiger partial charge in [-0.25, -0.2) is 4.68 Å². The average Bonchev–Trinajstić information content (AvgIpc) is 3.47. The fraction of sp³-hybridized carbons (Fsp3) is 0.407. The van der Waals surface area contributed by atoms with E-state index in [0.29, 0.717) is 19.0 Å². The van der Waals surface area contributed by atoms with Gasteiger partial charge in [0.05, 0.1) is 29.6 Å². The summed E-state index contributed by atoms with van der Waals surface area (Å²) in [6, 6.07) is 18.0. The van der Waals surface area contributed by atoms with Gasteiger partial charge in [0, 0.05) is 19.1 Å². The van der Waals surface area contributed by atoms with Crippen LogP contribution in [0.4, 0.5) is 0 Å². The summed E-state index contributed by atoms with van der Waals surface area (Å²) in [5.41, 5.74) is 3.85. The van der Waals surface area contributed by atoms with Crippen molar-refractivity contribution in [3.63, 3.8) is 0 Å². The van der Waals surface area contributed by atoms with Crippen molar-refractivity contribution in [2.45, 2.75) is 52.2 Å². The van der Waals surface area contributed by atoms with E-state index in [0.717, 1.165) is 60.5 Å². The Labute approximate surface area is 195 Å². The molecule has 1 saturated carbocycles. The lowest BCUT2D eigenvalue weighted by Crippen LogP contribution is -2.38. The number of carbonyl (C=O) groups is 1. The Morgan fingerprint density at radius 3 is 2.64 bits per heavy atom. The minimum Gasteiger partial charge on any atom is -0.439 e. The maximum absolute atomic E-state index is 13.2. The number of ether oxygens (including phenoxy) is 2. The maximum atomic E-state index is 13.2. The van der Waals surface area contributed by atoms with Crippen LogP contribution in [-0.2, 0) is 16.1 Å². The van der Waals surface area contributed by atoms with Crippen LogP contribution in [-0.4, -0.2) is 39.8 Å². The van der Waals surface area contributed by atoms with Gasteiger partial charge in [-0.05, 0) is 69.4 Å². The smallest absolute Gasteiger partial charge is 0.227 e. The summed E-state index contributed by atoms with van der Waals surface area (Å²) in [5, 5.41) is 4.83. The summed E-state index contributed by atoms with van der Waals surface area (Å²) < 4.78 is 14.2. The van der Waals surface area contributed by atoms with E-state index in [1.807, 2.05) is 78.0 Å². The molecule has 2 aliphatic rings. The van der Waals surface area contributed by atoms with Crippen LogP contribution in [0, 0.1) is 19.8 Å². The molecule has 0 radical (unpaired) electrons. The lowest BCUT2D eigenvalue weighted by atomic mass is 10.1. The summed E-state index contributed by atoms with van der Waals surface area (Å²) in [7, 11) is 0. The van der Waals surface area contributed by atoms with Gasteiger partial charge in [0.2, 0.25) is 11.8 Å². The number of hydrogen-bond acceptors (Lipinski definition) is 4. The minimum atomic E-state index is 0.110. The van der Waals surface area contributed by atoms with Crippen LogP contribution in [0.2, 0.25) is 0 Å². The standard InChI is InChI=1S/C27H31N3O3/c1-19-8-6-11-23(16-19)33-27-25(20(2)28-30(27)22-9-4-3-5-10-22)18-29(26(31)21-13-14-21)17-24-12-7-15-32-24/h3-6,8-11,16,21,24H,7,12-15,17-18H2,1-2H3/t24-/m0/s1. The van der Waals surface area contributed by atoms with Crippen LogP contribution in [0.3, 0.4) is 0 Å². The third-order valence-electron chi connectivity index (χ3n) is 6.38. The van der Waals surface area contributed by atoms with Gasteiger partial charge >= 0.3 is 0 Å². The van der Waals surface area contributed by atoms with Gasteiger partial charge in [0.1, 0.15) is 5.75 Å². The van der Waals surface area contributed by atoms with E-state index >= 15 is 0 Å². The number of carbonyl (C=O) groups excluding carboxylic acids is 1. The van der Waals surface area contributed by atoms with Crippen molar-refractivity contribution in [3.05, 3.63) is 71.4 Å². The SMILES string of the molecule is Cc1cccc(Oc2c(CN(C[C@@H]3CCCO3)C(=O)C3CC3)c(C)nn2-c2ccccc2)c1. The molecule has 0 bridgehead atoms. The third-order valence-corrected chi connectivity index (χ3v) is 6.38. The Kier molecular flexibility index (Phi) is 6.18. The first kappa shape index (κ1) is 21.7. The Morgan fingerprint density at radius 1 is 1.12 bits per heavy atom. The topological polar surface area (TPSA) is 56.6 Å². The largest absolute Gasteiger partial charge is 0.439 e. The molecule has 1 atom stereocenters. The first-order chi connectivity index (χ1) is 16.1. The highest BCUT2D eigenvalue weighted by Gasteiger charge is 2.36. The molecular formula is C27H31N3O3. The van der Waals surface area contributed by atoms with Gasteiger partial charge in [0.15, 0.2) is 0 Å². The molecular weight excluding hydrogens is 414 g/mol. The van der Waals surface area contributed by atoms with E-state index in [4.69, 9.17) is 14.6 Å². The Bertz CT molecular complexity index is 1110. The molecule has 0 unspecified atom stereocenters. The quantitative estimate of drug-likeness (QED) is 0.478. The van der Waals surface area contributed by atoms with Crippen molar-refractivity contribution in [1.82, 2.24) is 14.7 Å². The predicted molar refractivity (Wildman–Crippen MR) is 127 cm³/mol. The monoisotopic (exact) mass is 445 g/mol. The number of aromatic nitrogens is 2. The molecule has 1 aliphatic heterocycles. The second-order valence-electron chi connectivity index (χ2n) is 9.16. The molecule has 6 nitrogen and oxygen atoms in total. The highest BCUT2D eigenvalue weighted by Crippen LogP contribution is 2.35. The summed E-state index contributed by atoms with van der Waals surface area (Å²) >= 11 is 0. The number of nitrogens with zero attached hydrogens (tertiary/aromatic N) is 3. The first-order valence-corrected chi connectivity index (χ1v) is 11.9. The molecule has 1 saturated heterocycles. The number of aryl methyl sites for hydroxylation is 2. The average molecular weight is 446 g/mol. The summed E-state index contributed by atoms with van der Waals surface area (Å²) in [6.07, 6.45) is 4.14. The molecule has 1 aromatic heterocycles. The predicted octanol–water partition coefficient (Wildman–Crippen LogP) is 5.20. The lowest BCUT2D eigenvalue weighted by Gasteiger charge is -2.26. The fourth-order valence-corrected chi connectivity index (χ4v) is 4.41. The van der Waals surface area contributed by atoms with E-state index in [2.05, 4.69) is 0 Å². The van der Waals surface area contributed by atoms with Gasteiger partial charge in [-0.3, -0.25) is 4.79 Å². The zero-order chi connectivity index (χ0) is 22.8. The van der Waals surface area contributed by atoms with Crippen molar-refractivity contribution in [1.29, 1.82) is 0 Å². The van der Waals surface area contributed by atoms with Gasteiger partial charge in [-0.1, -0.05) is 30.3 Å². The van der Waals surface area contributed by atoms with Gasteiger partial charge < -0.3 is 14.4 Å². The molecule has 172 valence electrons. The van der Waals surface area contributed by atoms with Crippen LogP contribution in [0.15, 0.2) is 54.6 Å². The van der Waals surface area contributed by atoms with Crippen LogP contribution < -0.4 is 4.74 Å². The fourth-order valence-electron chi connectivity index (χ4n) is 4.41. The summed E-state index contributed by atoms with van der Waals surface area (Å²) in [6.45, 7) is 5.90. The number of rotatable bonds is 8. The van der Waals surface area contributed by atoms with E-state index in [-0.39, 0.29) is 17.9 Å². The minimum absolute atomic E-state index is 0.110. The maximum Gasteiger partial charge on any atom is 0.227 e. The third kappa shape index (κ3) is 4.96. The first-order valence-electron chi connectivity index (χ1n) is 11.9. The second kappa shape index (κ2) is 9.40.